The summed E-state index contributed by atoms with van der Waals surface area (Å²) in [5.74, 6) is 1.94. The van der Waals surface area contributed by atoms with Crippen molar-refractivity contribution < 1.29 is 9.47 Å². The van der Waals surface area contributed by atoms with Gasteiger partial charge in [0.2, 0.25) is 0 Å². The number of unbranched alkanes of at least 4 members (excludes halogenated alkanes) is 10. The Hall–Kier alpha value is -3.00. The lowest BCUT2D eigenvalue weighted by Gasteiger charge is -2.10. The van der Waals surface area contributed by atoms with Crippen molar-refractivity contribution in [2.45, 2.75) is 90.9 Å². The molecule has 0 saturated heterocycles. The van der Waals surface area contributed by atoms with Crippen molar-refractivity contribution in [3.05, 3.63) is 72.8 Å². The Balaban J connectivity index is 1.32. The molecule has 38 heavy (non-hydrogen) atoms. The summed E-state index contributed by atoms with van der Waals surface area (Å²) in [6.45, 7) is 6.13. The molecule has 0 aliphatic heterocycles. The molecule has 0 aliphatic carbocycles. The molecular weight excluding hydrogens is 464 g/mol. The Kier molecular flexibility index (Phi) is 11.4. The van der Waals surface area contributed by atoms with Crippen LogP contribution in [0.3, 0.4) is 0 Å². The highest BCUT2D eigenvalue weighted by atomic mass is 16.5. The van der Waals surface area contributed by atoms with Crippen molar-refractivity contribution in [1.29, 1.82) is 0 Å². The second kappa shape index (κ2) is 15.4. The number of hydrogen-bond donors (Lipinski definition) is 0. The monoisotopic (exact) mass is 510 g/mol. The molecule has 4 rings (SSSR count). The summed E-state index contributed by atoms with van der Waals surface area (Å²) in [6.07, 6.45) is 15.4. The van der Waals surface area contributed by atoms with Crippen LogP contribution in [0, 0.1) is 0 Å². The molecule has 4 aromatic carbocycles. The van der Waals surface area contributed by atoms with Gasteiger partial charge in [-0.15, -0.1) is 0 Å². The molecular formula is C36H46O2. The summed E-state index contributed by atoms with van der Waals surface area (Å²) in [5.41, 5.74) is 2.48. The molecule has 0 radical (unpaired) electrons. The van der Waals surface area contributed by atoms with E-state index in [2.05, 4.69) is 86.6 Å². The van der Waals surface area contributed by atoms with E-state index in [0.29, 0.717) is 0 Å². The summed E-state index contributed by atoms with van der Waals surface area (Å²) < 4.78 is 12.1. The van der Waals surface area contributed by atoms with E-state index in [-0.39, 0.29) is 0 Å². The van der Waals surface area contributed by atoms with Crippen LogP contribution in [-0.4, -0.2) is 13.2 Å². The molecule has 0 fully saturated rings. The van der Waals surface area contributed by atoms with Gasteiger partial charge in [0.15, 0.2) is 0 Å². The van der Waals surface area contributed by atoms with E-state index in [1.165, 1.54) is 96.9 Å². The normalized spacial score (nSPS) is 11.3. The highest BCUT2D eigenvalue weighted by Gasteiger charge is 2.05. The van der Waals surface area contributed by atoms with Gasteiger partial charge in [-0.25, -0.2) is 0 Å². The molecule has 0 aromatic heterocycles. The van der Waals surface area contributed by atoms with Gasteiger partial charge in [0.05, 0.1) is 13.2 Å². The summed E-state index contributed by atoms with van der Waals surface area (Å²) >= 11 is 0. The quantitative estimate of drug-likeness (QED) is 0.131. The smallest absolute Gasteiger partial charge is 0.119 e. The summed E-state index contributed by atoms with van der Waals surface area (Å²) in [7, 11) is 0. The molecule has 0 amide bonds. The predicted octanol–water partition coefficient (Wildman–Crippen LogP) is 11.1. The Bertz CT molecular complexity index is 1160. The van der Waals surface area contributed by atoms with Crippen LogP contribution in [0.5, 0.6) is 11.5 Å². The molecule has 0 heterocycles. The minimum absolute atomic E-state index is 0.804. The number of fused-ring (bicyclic) bond motifs is 2. The zero-order valence-electron chi connectivity index (χ0n) is 23.6. The highest BCUT2D eigenvalue weighted by molar-refractivity contribution is 5.92. The van der Waals surface area contributed by atoms with Crippen molar-refractivity contribution in [2.75, 3.05) is 13.2 Å². The van der Waals surface area contributed by atoms with Gasteiger partial charge in [-0.3, -0.25) is 0 Å². The van der Waals surface area contributed by atoms with Gasteiger partial charge in [-0.2, -0.15) is 0 Å². The van der Waals surface area contributed by atoms with Crippen LogP contribution in [0.15, 0.2) is 72.8 Å². The zero-order chi connectivity index (χ0) is 26.4. The standard InChI is InChI=1S/C36H46O2/c1-3-5-7-9-11-13-23-37-35-21-19-31-25-29(15-17-33(31)27-35)30-16-18-34-28-36(22-20-32(34)26-30)38-24-14-12-10-8-6-4-2/h15-22,25-28H,3-14,23-24H2,1-2H3. The van der Waals surface area contributed by atoms with Crippen molar-refractivity contribution in [3.63, 3.8) is 0 Å². The Morgan fingerprint density at radius 2 is 0.763 bits per heavy atom. The third-order valence-electron chi connectivity index (χ3n) is 7.49. The summed E-state index contributed by atoms with van der Waals surface area (Å²) in [4.78, 5) is 0. The van der Waals surface area contributed by atoms with Crippen molar-refractivity contribution in [3.8, 4) is 22.6 Å². The second-order valence-corrected chi connectivity index (χ2v) is 10.7. The first-order valence-corrected chi connectivity index (χ1v) is 15.1. The number of ether oxygens (including phenoxy) is 2. The third-order valence-corrected chi connectivity index (χ3v) is 7.49. The maximum Gasteiger partial charge on any atom is 0.119 e. The molecule has 0 aliphatic rings. The molecule has 202 valence electrons. The molecule has 0 saturated carbocycles. The molecule has 2 nitrogen and oxygen atoms in total. The van der Waals surface area contributed by atoms with Crippen molar-refractivity contribution in [1.82, 2.24) is 0 Å². The maximum atomic E-state index is 6.03. The van der Waals surface area contributed by atoms with Gasteiger partial charge in [0.25, 0.3) is 0 Å². The SMILES string of the molecule is CCCCCCCCOc1ccc2cc(-c3ccc4cc(OCCCCCCCC)ccc4c3)ccc2c1. The van der Waals surface area contributed by atoms with E-state index in [1.807, 2.05) is 0 Å². The zero-order valence-corrected chi connectivity index (χ0v) is 23.6. The Morgan fingerprint density at radius 1 is 0.395 bits per heavy atom. The van der Waals surface area contributed by atoms with E-state index < -0.39 is 0 Å². The lowest BCUT2D eigenvalue weighted by atomic mass is 9.98. The van der Waals surface area contributed by atoms with E-state index in [0.717, 1.165) is 37.6 Å². The van der Waals surface area contributed by atoms with Gasteiger partial charge in [-0.05, 0) is 81.9 Å². The van der Waals surface area contributed by atoms with E-state index in [9.17, 15) is 0 Å². The minimum atomic E-state index is 0.804. The number of hydrogen-bond acceptors (Lipinski definition) is 2. The van der Waals surface area contributed by atoms with Crippen molar-refractivity contribution in [2.24, 2.45) is 0 Å². The van der Waals surface area contributed by atoms with Crippen LogP contribution in [0.25, 0.3) is 32.7 Å². The second-order valence-electron chi connectivity index (χ2n) is 10.7. The third kappa shape index (κ3) is 8.51. The molecule has 0 unspecified atom stereocenters. The van der Waals surface area contributed by atoms with Crippen molar-refractivity contribution >= 4 is 21.5 Å². The highest BCUT2D eigenvalue weighted by Crippen LogP contribution is 2.30. The van der Waals surface area contributed by atoms with Crippen LogP contribution in [0.4, 0.5) is 0 Å². The molecule has 0 N–H and O–H groups in total. The molecule has 2 heteroatoms. The van der Waals surface area contributed by atoms with Gasteiger partial charge in [0.1, 0.15) is 11.5 Å². The molecule has 0 spiro atoms. The van der Waals surface area contributed by atoms with Gasteiger partial charge < -0.3 is 9.47 Å². The van der Waals surface area contributed by atoms with Crippen LogP contribution >= 0.6 is 0 Å². The summed E-state index contributed by atoms with van der Waals surface area (Å²) in [6, 6.07) is 26.4. The van der Waals surface area contributed by atoms with E-state index in [4.69, 9.17) is 9.47 Å². The molecule has 0 atom stereocenters. The van der Waals surface area contributed by atoms with Gasteiger partial charge in [-0.1, -0.05) is 114 Å². The molecule has 4 aromatic rings. The fourth-order valence-electron chi connectivity index (χ4n) is 5.13. The largest absolute Gasteiger partial charge is 0.494 e. The minimum Gasteiger partial charge on any atom is -0.494 e. The first-order chi connectivity index (χ1) is 18.8. The van der Waals surface area contributed by atoms with Gasteiger partial charge in [0, 0.05) is 0 Å². The first kappa shape index (κ1) is 28.0. The number of benzene rings is 4. The van der Waals surface area contributed by atoms with Crippen LogP contribution in [-0.2, 0) is 0 Å². The van der Waals surface area contributed by atoms with E-state index in [1.54, 1.807) is 0 Å². The topological polar surface area (TPSA) is 18.5 Å². The maximum absolute atomic E-state index is 6.03. The van der Waals surface area contributed by atoms with Crippen LogP contribution < -0.4 is 9.47 Å². The number of rotatable bonds is 17. The lowest BCUT2D eigenvalue weighted by molar-refractivity contribution is 0.304. The molecule has 0 bridgehead atoms. The first-order valence-electron chi connectivity index (χ1n) is 15.1. The van der Waals surface area contributed by atoms with Crippen LogP contribution in [0.1, 0.15) is 90.9 Å². The Morgan fingerprint density at radius 3 is 1.21 bits per heavy atom. The summed E-state index contributed by atoms with van der Waals surface area (Å²) in [5, 5.41) is 4.94. The van der Waals surface area contributed by atoms with Crippen LogP contribution in [0.2, 0.25) is 0 Å². The van der Waals surface area contributed by atoms with Gasteiger partial charge >= 0.3 is 0 Å². The average Bonchev–Trinajstić information content (AvgIpc) is 2.95. The predicted molar refractivity (Wildman–Crippen MR) is 165 cm³/mol. The Labute approximate surface area is 230 Å². The fraction of sp³-hybridized carbons (Fsp3) is 0.444. The fourth-order valence-corrected chi connectivity index (χ4v) is 5.13. The van der Waals surface area contributed by atoms with E-state index >= 15 is 0 Å². The lowest BCUT2D eigenvalue weighted by Crippen LogP contribution is -1.97. The average molecular weight is 511 g/mol.